The summed E-state index contributed by atoms with van der Waals surface area (Å²) in [5.41, 5.74) is 3.56. The quantitative estimate of drug-likeness (QED) is 0.0993. The van der Waals surface area contributed by atoms with Gasteiger partial charge in [0.2, 0.25) is 0 Å². The van der Waals surface area contributed by atoms with Crippen LogP contribution in [0.15, 0.2) is 72.9 Å². The Labute approximate surface area is 207 Å². The number of nitro benzene ring substituents is 1. The summed E-state index contributed by atoms with van der Waals surface area (Å²) in [4.78, 5) is 38.0. The SMILES string of the molecule is CCOC(=O)c1ccc(OC(=O)c2c[nH]c3ccc(NCCCc4ccc([N+](=O)[O-])cc4)cc23)cc1. The zero-order valence-electron chi connectivity index (χ0n) is 19.7. The zero-order chi connectivity index (χ0) is 25.5. The van der Waals surface area contributed by atoms with Crippen molar-refractivity contribution in [3.63, 3.8) is 0 Å². The van der Waals surface area contributed by atoms with Crippen LogP contribution in [0, 0.1) is 10.1 Å². The van der Waals surface area contributed by atoms with Gasteiger partial charge in [0.15, 0.2) is 0 Å². The van der Waals surface area contributed by atoms with E-state index >= 15 is 0 Å². The fraction of sp³-hybridized carbons (Fsp3) is 0.185. The maximum Gasteiger partial charge on any atom is 0.345 e. The van der Waals surface area contributed by atoms with Crippen molar-refractivity contribution >= 4 is 34.2 Å². The molecule has 1 aromatic heterocycles. The summed E-state index contributed by atoms with van der Waals surface area (Å²) in [5, 5.41) is 14.8. The number of nitro groups is 1. The molecule has 0 saturated heterocycles. The van der Waals surface area contributed by atoms with E-state index in [4.69, 9.17) is 9.47 Å². The van der Waals surface area contributed by atoms with E-state index in [1.54, 1.807) is 49.5 Å². The Kier molecular flexibility index (Phi) is 7.60. The minimum absolute atomic E-state index is 0.0831. The number of benzene rings is 3. The van der Waals surface area contributed by atoms with Gasteiger partial charge in [-0.15, -0.1) is 0 Å². The van der Waals surface area contributed by atoms with Gasteiger partial charge in [-0.05, 0) is 67.8 Å². The minimum Gasteiger partial charge on any atom is -0.462 e. The van der Waals surface area contributed by atoms with Gasteiger partial charge >= 0.3 is 11.9 Å². The maximum atomic E-state index is 12.8. The molecule has 9 heteroatoms. The molecule has 2 N–H and O–H groups in total. The molecule has 0 spiro atoms. The van der Waals surface area contributed by atoms with Crippen LogP contribution in [0.1, 0.15) is 39.6 Å². The summed E-state index contributed by atoms with van der Waals surface area (Å²) < 4.78 is 10.5. The maximum absolute atomic E-state index is 12.8. The summed E-state index contributed by atoms with van der Waals surface area (Å²) in [6.07, 6.45) is 3.22. The number of carbonyl (C=O) groups is 2. The van der Waals surface area contributed by atoms with Crippen molar-refractivity contribution in [2.24, 2.45) is 0 Å². The lowest BCUT2D eigenvalue weighted by Gasteiger charge is -2.08. The summed E-state index contributed by atoms with van der Waals surface area (Å²) in [6.45, 7) is 2.71. The topological polar surface area (TPSA) is 124 Å². The van der Waals surface area contributed by atoms with Gasteiger partial charge in [-0.2, -0.15) is 0 Å². The molecule has 0 aliphatic heterocycles. The predicted octanol–water partition coefficient (Wildman–Crippen LogP) is 5.52. The lowest BCUT2D eigenvalue weighted by atomic mass is 10.1. The Morgan fingerprint density at radius 3 is 2.44 bits per heavy atom. The molecular weight excluding hydrogens is 462 g/mol. The molecule has 0 fully saturated rings. The van der Waals surface area contributed by atoms with Crippen molar-refractivity contribution in [2.75, 3.05) is 18.5 Å². The van der Waals surface area contributed by atoms with Crippen LogP contribution in [0.2, 0.25) is 0 Å². The average Bonchev–Trinajstić information content (AvgIpc) is 3.31. The van der Waals surface area contributed by atoms with Crippen LogP contribution in [0.25, 0.3) is 10.9 Å². The van der Waals surface area contributed by atoms with Crippen LogP contribution in [-0.2, 0) is 11.2 Å². The first-order chi connectivity index (χ1) is 17.4. The van der Waals surface area contributed by atoms with Crippen LogP contribution in [-0.4, -0.2) is 35.0 Å². The molecule has 9 nitrogen and oxygen atoms in total. The zero-order valence-corrected chi connectivity index (χ0v) is 19.7. The van der Waals surface area contributed by atoms with Crippen molar-refractivity contribution in [1.29, 1.82) is 0 Å². The van der Waals surface area contributed by atoms with Crippen molar-refractivity contribution < 1.29 is 24.0 Å². The first kappa shape index (κ1) is 24.5. The van der Waals surface area contributed by atoms with E-state index in [0.717, 1.165) is 35.0 Å². The number of nitrogens with one attached hydrogen (secondary N) is 2. The van der Waals surface area contributed by atoms with Gasteiger partial charge in [-0.1, -0.05) is 12.1 Å². The number of aryl methyl sites for hydroxylation is 1. The second-order valence-corrected chi connectivity index (χ2v) is 8.05. The Morgan fingerprint density at radius 2 is 1.75 bits per heavy atom. The van der Waals surface area contributed by atoms with Gasteiger partial charge in [0.1, 0.15) is 5.75 Å². The number of anilines is 1. The van der Waals surface area contributed by atoms with Crippen LogP contribution < -0.4 is 10.1 Å². The highest BCUT2D eigenvalue weighted by molar-refractivity contribution is 6.05. The van der Waals surface area contributed by atoms with E-state index in [0.29, 0.717) is 23.4 Å². The van der Waals surface area contributed by atoms with E-state index in [1.807, 2.05) is 18.2 Å². The molecule has 184 valence electrons. The molecule has 0 aliphatic rings. The number of ether oxygens (including phenoxy) is 2. The highest BCUT2D eigenvalue weighted by Gasteiger charge is 2.16. The minimum atomic E-state index is -0.513. The smallest absolute Gasteiger partial charge is 0.345 e. The largest absolute Gasteiger partial charge is 0.462 e. The summed E-state index contributed by atoms with van der Waals surface area (Å²) in [6, 6.07) is 18.5. The Hall–Kier alpha value is -4.66. The number of aromatic nitrogens is 1. The number of carbonyl (C=O) groups excluding carboxylic acids is 2. The Balaban J connectivity index is 1.35. The Bertz CT molecular complexity index is 1380. The standard InChI is InChI=1S/C27H25N3O6/c1-2-35-26(31)19-7-12-22(13-8-19)36-27(32)24-17-29-25-14-9-20(16-23(24)25)28-15-3-4-18-5-10-21(11-6-18)30(33)34/h5-14,16-17,28-29H,2-4,15H2,1H3. The molecule has 36 heavy (non-hydrogen) atoms. The fourth-order valence-corrected chi connectivity index (χ4v) is 3.74. The first-order valence-corrected chi connectivity index (χ1v) is 11.5. The number of esters is 2. The summed E-state index contributed by atoms with van der Waals surface area (Å²) in [7, 11) is 0. The molecule has 1 heterocycles. The number of hydrogen-bond acceptors (Lipinski definition) is 7. The van der Waals surface area contributed by atoms with Crippen LogP contribution in [0.3, 0.4) is 0 Å². The van der Waals surface area contributed by atoms with E-state index in [-0.39, 0.29) is 12.3 Å². The lowest BCUT2D eigenvalue weighted by Crippen LogP contribution is -2.09. The number of non-ortho nitro benzene ring substituents is 1. The van der Waals surface area contributed by atoms with Crippen molar-refractivity contribution in [2.45, 2.75) is 19.8 Å². The summed E-state index contributed by atoms with van der Waals surface area (Å²) in [5.74, 6) is -0.622. The number of nitrogens with zero attached hydrogens (tertiary/aromatic N) is 1. The third kappa shape index (κ3) is 5.87. The molecule has 0 saturated carbocycles. The molecule has 0 unspecified atom stereocenters. The molecular formula is C27H25N3O6. The molecule has 0 amide bonds. The fourth-order valence-electron chi connectivity index (χ4n) is 3.74. The van der Waals surface area contributed by atoms with Crippen molar-refractivity contribution in [1.82, 2.24) is 4.98 Å². The van der Waals surface area contributed by atoms with E-state index in [9.17, 15) is 19.7 Å². The van der Waals surface area contributed by atoms with Gasteiger partial charge in [-0.3, -0.25) is 10.1 Å². The highest BCUT2D eigenvalue weighted by atomic mass is 16.6. The van der Waals surface area contributed by atoms with Gasteiger partial charge in [0, 0.05) is 41.5 Å². The molecule has 0 bridgehead atoms. The van der Waals surface area contributed by atoms with Crippen LogP contribution in [0.5, 0.6) is 5.75 Å². The second kappa shape index (κ2) is 11.2. The van der Waals surface area contributed by atoms with Crippen LogP contribution in [0.4, 0.5) is 11.4 Å². The van der Waals surface area contributed by atoms with Gasteiger partial charge < -0.3 is 19.8 Å². The predicted molar refractivity (Wildman–Crippen MR) is 136 cm³/mol. The van der Waals surface area contributed by atoms with Gasteiger partial charge in [-0.25, -0.2) is 9.59 Å². The number of rotatable bonds is 10. The molecule has 0 atom stereocenters. The van der Waals surface area contributed by atoms with Gasteiger partial charge in [0.05, 0.1) is 22.7 Å². The van der Waals surface area contributed by atoms with Crippen molar-refractivity contribution in [3.05, 3.63) is 99.7 Å². The Morgan fingerprint density at radius 1 is 1.00 bits per heavy atom. The lowest BCUT2D eigenvalue weighted by molar-refractivity contribution is -0.384. The van der Waals surface area contributed by atoms with E-state index in [2.05, 4.69) is 10.3 Å². The van der Waals surface area contributed by atoms with Gasteiger partial charge in [0.25, 0.3) is 5.69 Å². The second-order valence-electron chi connectivity index (χ2n) is 8.05. The first-order valence-electron chi connectivity index (χ1n) is 11.5. The number of fused-ring (bicyclic) bond motifs is 1. The average molecular weight is 488 g/mol. The number of hydrogen-bond donors (Lipinski definition) is 2. The number of aromatic amines is 1. The van der Waals surface area contributed by atoms with Crippen molar-refractivity contribution in [3.8, 4) is 5.75 Å². The molecule has 3 aromatic carbocycles. The van der Waals surface area contributed by atoms with E-state index < -0.39 is 16.9 Å². The molecule has 0 radical (unpaired) electrons. The van der Waals surface area contributed by atoms with Crippen LogP contribution >= 0.6 is 0 Å². The van der Waals surface area contributed by atoms with E-state index in [1.165, 1.54) is 12.1 Å². The highest BCUT2D eigenvalue weighted by Crippen LogP contribution is 2.24. The molecule has 4 aromatic rings. The normalized spacial score (nSPS) is 10.7. The number of H-pyrrole nitrogens is 1. The monoisotopic (exact) mass is 487 g/mol. The summed E-state index contributed by atoms with van der Waals surface area (Å²) >= 11 is 0. The molecule has 0 aliphatic carbocycles. The third-order valence-corrected chi connectivity index (χ3v) is 5.60. The third-order valence-electron chi connectivity index (χ3n) is 5.60. The molecule has 4 rings (SSSR count).